The molecule has 0 aliphatic carbocycles. The van der Waals surface area contributed by atoms with Gasteiger partial charge < -0.3 is 9.13 Å². The summed E-state index contributed by atoms with van der Waals surface area (Å²) in [5.41, 5.74) is 11.0. The minimum absolute atomic E-state index is 0.0528. The zero-order valence-electron chi connectivity index (χ0n) is 41.7. The minimum atomic E-state index is -5.17. The Balaban J connectivity index is 1.29. The highest BCUT2D eigenvalue weighted by Gasteiger charge is 2.38. The molecule has 0 spiro atoms. The Morgan fingerprint density at radius 2 is 0.618 bits per heavy atom. The second-order valence-corrected chi connectivity index (χ2v) is 19.9. The van der Waals surface area contributed by atoms with Gasteiger partial charge in [0.1, 0.15) is 0 Å². The van der Waals surface area contributed by atoms with E-state index in [1.54, 1.807) is 12.1 Å². The standard InChI is InChI=1S/C67H45F6N3/c1-39-9-5-13-44(25-39)48-17-21-55-56-22-18-49(45-14-6-10-40(2)26-45)34-60(56)75(59(55)33-48)63-29-43(38-74)30-64(65(63)52-31-53(66(68,69)70)37-54(32-52)67(71,72)73)76-61-35-50(46-15-7-11-41(3)27-46)19-23-57(61)58-24-20-51(36-62(58)76)47-16-8-12-42(4)28-47/h5-37H,1-4H3. The Labute approximate surface area is 434 Å². The van der Waals surface area contributed by atoms with Crippen LogP contribution >= 0.6 is 0 Å². The van der Waals surface area contributed by atoms with E-state index in [1.165, 1.54) is 0 Å². The van der Waals surface area contributed by atoms with E-state index < -0.39 is 23.5 Å². The van der Waals surface area contributed by atoms with Crippen molar-refractivity contribution in [3.05, 3.63) is 239 Å². The van der Waals surface area contributed by atoms with Crippen LogP contribution in [0.15, 0.2) is 200 Å². The molecule has 9 heteroatoms. The van der Waals surface area contributed by atoms with E-state index in [2.05, 4.69) is 30.3 Å². The highest BCUT2D eigenvalue weighted by molar-refractivity contribution is 6.14. The summed E-state index contributed by atoms with van der Waals surface area (Å²) in [6.07, 6.45) is -10.3. The van der Waals surface area contributed by atoms with Gasteiger partial charge in [0, 0.05) is 27.1 Å². The number of halogens is 6. The summed E-state index contributed by atoms with van der Waals surface area (Å²) >= 11 is 0. The Kier molecular flexibility index (Phi) is 11.4. The quantitative estimate of drug-likeness (QED) is 0.147. The molecule has 12 rings (SSSR count). The molecule has 0 bridgehead atoms. The molecule has 0 saturated heterocycles. The topological polar surface area (TPSA) is 33.6 Å². The highest BCUT2D eigenvalue weighted by Crippen LogP contribution is 2.48. The number of hydrogen-bond acceptors (Lipinski definition) is 1. The number of aromatic nitrogens is 2. The molecule has 0 aliphatic rings. The molecule has 0 aliphatic heterocycles. The van der Waals surface area contributed by atoms with Crippen molar-refractivity contribution in [1.29, 1.82) is 5.26 Å². The lowest BCUT2D eigenvalue weighted by atomic mass is 9.94. The molecule has 76 heavy (non-hydrogen) atoms. The van der Waals surface area contributed by atoms with Crippen LogP contribution < -0.4 is 0 Å². The first-order valence-electron chi connectivity index (χ1n) is 24.8. The zero-order chi connectivity index (χ0) is 52.8. The number of fused-ring (bicyclic) bond motifs is 6. The molecule has 0 N–H and O–H groups in total. The highest BCUT2D eigenvalue weighted by atomic mass is 19.4. The number of nitriles is 1. The smallest absolute Gasteiger partial charge is 0.308 e. The summed E-state index contributed by atoms with van der Waals surface area (Å²) in [6, 6.07) is 63.5. The van der Waals surface area contributed by atoms with Crippen LogP contribution in [0.3, 0.4) is 0 Å². The Morgan fingerprint density at radius 1 is 0.329 bits per heavy atom. The monoisotopic (exact) mass is 1010 g/mol. The van der Waals surface area contributed by atoms with Crippen LogP contribution in [0.5, 0.6) is 0 Å². The lowest BCUT2D eigenvalue weighted by molar-refractivity contribution is -0.143. The van der Waals surface area contributed by atoms with Gasteiger partial charge in [0.05, 0.1) is 56.2 Å². The third-order valence-electron chi connectivity index (χ3n) is 14.5. The summed E-state index contributed by atoms with van der Waals surface area (Å²) in [5.74, 6) is 0. The SMILES string of the molecule is Cc1cccc(-c2ccc3c4ccc(-c5cccc(C)c5)cc4n(-c4cc(C#N)cc(-n5c6cc(-c7cccc(C)c7)ccc6c6ccc(-c7cccc(C)c7)cc65)c4-c4cc(C(F)(F)F)cc(C(F)(F)F)c4)c3c2)c1. The normalized spacial score (nSPS) is 12.1. The van der Waals surface area contributed by atoms with Crippen molar-refractivity contribution < 1.29 is 26.3 Å². The van der Waals surface area contributed by atoms with Crippen LogP contribution in [0.4, 0.5) is 26.3 Å². The van der Waals surface area contributed by atoms with Crippen LogP contribution in [0.25, 0.3) is 111 Å². The number of rotatable bonds is 7. The van der Waals surface area contributed by atoms with E-state index in [9.17, 15) is 5.26 Å². The second-order valence-electron chi connectivity index (χ2n) is 19.9. The van der Waals surface area contributed by atoms with Gasteiger partial charge >= 0.3 is 12.4 Å². The summed E-state index contributed by atoms with van der Waals surface area (Å²) in [6.45, 7) is 8.00. The summed E-state index contributed by atoms with van der Waals surface area (Å²) in [4.78, 5) is 0. The van der Waals surface area contributed by atoms with Crippen molar-refractivity contribution >= 4 is 43.6 Å². The van der Waals surface area contributed by atoms with Gasteiger partial charge in [-0.2, -0.15) is 31.6 Å². The van der Waals surface area contributed by atoms with Gasteiger partial charge in [0.2, 0.25) is 0 Å². The van der Waals surface area contributed by atoms with E-state index in [0.29, 0.717) is 22.1 Å². The fourth-order valence-corrected chi connectivity index (χ4v) is 11.0. The molecule has 12 aromatic rings. The number of nitrogens with zero attached hydrogens (tertiary/aromatic N) is 3. The van der Waals surface area contributed by atoms with Crippen LogP contribution in [-0.2, 0) is 12.4 Å². The van der Waals surface area contributed by atoms with Crippen molar-refractivity contribution in [1.82, 2.24) is 9.13 Å². The predicted molar refractivity (Wildman–Crippen MR) is 296 cm³/mol. The van der Waals surface area contributed by atoms with Crippen LogP contribution in [-0.4, -0.2) is 9.13 Å². The number of alkyl halides is 6. The van der Waals surface area contributed by atoms with Crippen molar-refractivity contribution in [2.24, 2.45) is 0 Å². The van der Waals surface area contributed by atoms with Gasteiger partial charge in [-0.1, -0.05) is 168 Å². The van der Waals surface area contributed by atoms with E-state index in [-0.39, 0.29) is 34.1 Å². The summed E-state index contributed by atoms with van der Waals surface area (Å²) in [5, 5.41) is 14.4. The van der Waals surface area contributed by atoms with Crippen molar-refractivity contribution in [2.75, 3.05) is 0 Å². The molecule has 3 nitrogen and oxygen atoms in total. The largest absolute Gasteiger partial charge is 0.416 e. The Morgan fingerprint density at radius 3 is 0.882 bits per heavy atom. The molecule has 0 amide bonds. The number of benzene rings is 10. The first-order valence-corrected chi connectivity index (χ1v) is 24.8. The number of aryl methyl sites for hydroxylation is 4. The van der Waals surface area contributed by atoms with Crippen LogP contribution in [0.1, 0.15) is 38.9 Å². The Bertz CT molecular complexity index is 3920. The van der Waals surface area contributed by atoms with E-state index in [1.807, 2.05) is 182 Å². The predicted octanol–water partition coefficient (Wildman–Crippen LogP) is 19.4. The molecule has 10 aromatic carbocycles. The summed E-state index contributed by atoms with van der Waals surface area (Å²) < 4.78 is 95.4. The molecule has 0 fully saturated rings. The fraction of sp³-hybridized carbons (Fsp3) is 0.0896. The minimum Gasteiger partial charge on any atom is -0.308 e. The van der Waals surface area contributed by atoms with Gasteiger partial charge in [-0.05, 0) is 132 Å². The van der Waals surface area contributed by atoms with Crippen molar-refractivity contribution in [3.8, 4) is 73.1 Å². The average Bonchev–Trinajstić information content (AvgIpc) is 3.96. The first kappa shape index (κ1) is 47.8. The maximum absolute atomic E-state index is 15.3. The molecule has 370 valence electrons. The average molecular weight is 1010 g/mol. The lowest BCUT2D eigenvalue weighted by Crippen LogP contribution is -2.12. The molecular formula is C67H45F6N3. The molecule has 2 heterocycles. The van der Waals surface area contributed by atoms with Crippen LogP contribution in [0, 0.1) is 39.0 Å². The molecular weight excluding hydrogens is 961 g/mol. The zero-order valence-corrected chi connectivity index (χ0v) is 41.7. The molecule has 0 unspecified atom stereocenters. The van der Waals surface area contributed by atoms with Gasteiger partial charge in [0.15, 0.2) is 0 Å². The van der Waals surface area contributed by atoms with Crippen molar-refractivity contribution in [2.45, 2.75) is 40.0 Å². The fourth-order valence-electron chi connectivity index (χ4n) is 11.0. The molecule has 0 atom stereocenters. The third kappa shape index (κ3) is 8.46. The Hall–Kier alpha value is -9.13. The third-order valence-corrected chi connectivity index (χ3v) is 14.5. The lowest BCUT2D eigenvalue weighted by Gasteiger charge is -2.23. The van der Waals surface area contributed by atoms with E-state index in [4.69, 9.17) is 0 Å². The maximum atomic E-state index is 15.3. The summed E-state index contributed by atoms with van der Waals surface area (Å²) in [7, 11) is 0. The van der Waals surface area contributed by atoms with Gasteiger partial charge in [-0.3, -0.25) is 0 Å². The second kappa shape index (κ2) is 18.1. The maximum Gasteiger partial charge on any atom is 0.416 e. The van der Waals surface area contributed by atoms with E-state index >= 15 is 26.3 Å². The van der Waals surface area contributed by atoms with Gasteiger partial charge in [-0.25, -0.2) is 0 Å². The van der Waals surface area contributed by atoms with Gasteiger partial charge in [0.25, 0.3) is 0 Å². The first-order chi connectivity index (χ1) is 36.5. The molecule has 2 aromatic heterocycles. The van der Waals surface area contributed by atoms with Crippen LogP contribution in [0.2, 0.25) is 0 Å². The van der Waals surface area contributed by atoms with Gasteiger partial charge in [-0.15, -0.1) is 0 Å². The molecule has 0 saturated carbocycles. The van der Waals surface area contributed by atoms with Crippen molar-refractivity contribution in [3.63, 3.8) is 0 Å². The molecule has 0 radical (unpaired) electrons. The number of hydrogen-bond donors (Lipinski definition) is 0. The van der Waals surface area contributed by atoms with E-state index in [0.717, 1.165) is 100 Å².